The van der Waals surface area contributed by atoms with Crippen molar-refractivity contribution in [1.29, 1.82) is 0 Å². The molecule has 0 aliphatic rings. The monoisotopic (exact) mass is 404 g/mol. The number of carbonyl (C=O) groups is 1. The zero-order valence-electron chi connectivity index (χ0n) is 17.2. The Labute approximate surface area is 177 Å². The molecule has 1 amide bonds. The summed E-state index contributed by atoms with van der Waals surface area (Å²) in [6, 6.07) is 28.4. The second-order valence-corrected chi connectivity index (χ2v) is 7.24. The Balaban J connectivity index is 1.61. The van der Waals surface area contributed by atoms with Crippen LogP contribution in [0.25, 0.3) is 0 Å². The molecule has 0 bridgehead atoms. The highest BCUT2D eigenvalue weighted by atomic mass is 16.5. The number of amides is 1. The van der Waals surface area contributed by atoms with Gasteiger partial charge in [-0.3, -0.25) is 0 Å². The van der Waals surface area contributed by atoms with Crippen LogP contribution in [0.2, 0.25) is 0 Å². The van der Waals surface area contributed by atoms with Crippen LogP contribution >= 0.6 is 0 Å². The minimum absolute atomic E-state index is 0.172. The average molecular weight is 405 g/mol. The number of hydrogen-bond donors (Lipinski definition) is 2. The Hall–Kier alpha value is -3.31. The van der Waals surface area contributed by atoms with E-state index in [4.69, 9.17) is 9.84 Å². The first kappa shape index (κ1) is 21.4. The van der Waals surface area contributed by atoms with E-state index < -0.39 is 6.09 Å². The number of anilines is 1. The molecule has 0 aliphatic heterocycles. The summed E-state index contributed by atoms with van der Waals surface area (Å²) in [7, 11) is 1.58. The van der Waals surface area contributed by atoms with Crippen molar-refractivity contribution in [2.45, 2.75) is 25.7 Å². The Bertz CT molecular complexity index is 916. The van der Waals surface area contributed by atoms with Crippen molar-refractivity contribution >= 4 is 11.8 Å². The van der Waals surface area contributed by atoms with Gasteiger partial charge in [-0.25, -0.2) is 4.79 Å². The second kappa shape index (κ2) is 11.0. The minimum Gasteiger partial charge on any atom is -0.465 e. The van der Waals surface area contributed by atoms with Crippen molar-refractivity contribution in [2.24, 2.45) is 0 Å². The van der Waals surface area contributed by atoms with Gasteiger partial charge in [-0.15, -0.1) is 0 Å². The van der Waals surface area contributed by atoms with Crippen LogP contribution in [0.5, 0.6) is 0 Å². The molecule has 5 nitrogen and oxygen atoms in total. The number of hydrogen-bond acceptors (Lipinski definition) is 3. The molecule has 2 N–H and O–H groups in total. The lowest BCUT2D eigenvalue weighted by Crippen LogP contribution is -2.27. The van der Waals surface area contributed by atoms with Gasteiger partial charge in [0.2, 0.25) is 0 Å². The molecule has 0 aliphatic carbocycles. The van der Waals surface area contributed by atoms with Crippen LogP contribution in [0.3, 0.4) is 0 Å². The summed E-state index contributed by atoms with van der Waals surface area (Å²) in [6.07, 6.45) is -0.508. The highest BCUT2D eigenvalue weighted by Crippen LogP contribution is 2.24. The second-order valence-electron chi connectivity index (χ2n) is 7.24. The molecule has 0 saturated heterocycles. The third-order valence-electron chi connectivity index (χ3n) is 4.94. The first-order valence-corrected chi connectivity index (χ1v) is 10.1. The third-order valence-corrected chi connectivity index (χ3v) is 4.94. The third kappa shape index (κ3) is 6.64. The number of nitrogens with zero attached hydrogens (tertiary/aromatic N) is 1. The summed E-state index contributed by atoms with van der Waals surface area (Å²) in [5.74, 6) is 0. The molecule has 3 aromatic rings. The Morgan fingerprint density at radius 3 is 2.33 bits per heavy atom. The first-order valence-electron chi connectivity index (χ1n) is 10.1. The molecule has 0 heterocycles. The van der Waals surface area contributed by atoms with Crippen LogP contribution < -0.4 is 5.32 Å². The number of carboxylic acid groups (broad SMARTS) is 1. The highest BCUT2D eigenvalue weighted by molar-refractivity contribution is 5.64. The molecule has 0 fully saturated rings. The van der Waals surface area contributed by atoms with Gasteiger partial charge in [0.05, 0.1) is 12.7 Å². The van der Waals surface area contributed by atoms with Crippen LogP contribution in [0.1, 0.15) is 29.2 Å². The van der Waals surface area contributed by atoms with Crippen LogP contribution in [-0.2, 0) is 17.9 Å². The SMILES string of the molecule is CN(CCC(OCc1cccc(NCc2ccccc2)c1)c1ccccc1)C(=O)O. The predicted molar refractivity (Wildman–Crippen MR) is 119 cm³/mol. The van der Waals surface area contributed by atoms with Crippen molar-refractivity contribution in [2.75, 3.05) is 18.9 Å². The summed E-state index contributed by atoms with van der Waals surface area (Å²) >= 11 is 0. The summed E-state index contributed by atoms with van der Waals surface area (Å²) in [5.41, 5.74) is 4.39. The lowest BCUT2D eigenvalue weighted by Gasteiger charge is -2.21. The quantitative estimate of drug-likeness (QED) is 0.465. The Kier molecular flexibility index (Phi) is 7.86. The van der Waals surface area contributed by atoms with E-state index in [-0.39, 0.29) is 6.10 Å². The van der Waals surface area contributed by atoms with Gasteiger partial charge < -0.3 is 20.1 Å². The number of benzene rings is 3. The van der Waals surface area contributed by atoms with E-state index in [0.717, 1.165) is 23.4 Å². The summed E-state index contributed by atoms with van der Waals surface area (Å²) in [6.45, 7) is 1.63. The van der Waals surface area contributed by atoms with Crippen molar-refractivity contribution in [3.63, 3.8) is 0 Å². The molecule has 0 radical (unpaired) electrons. The van der Waals surface area contributed by atoms with E-state index in [1.165, 1.54) is 10.5 Å². The summed E-state index contributed by atoms with van der Waals surface area (Å²) in [4.78, 5) is 12.4. The molecule has 0 spiro atoms. The van der Waals surface area contributed by atoms with Gasteiger partial charge in [-0.05, 0) is 35.2 Å². The van der Waals surface area contributed by atoms with E-state index in [0.29, 0.717) is 19.6 Å². The largest absolute Gasteiger partial charge is 0.465 e. The van der Waals surface area contributed by atoms with E-state index >= 15 is 0 Å². The number of ether oxygens (including phenoxy) is 1. The molecule has 30 heavy (non-hydrogen) atoms. The van der Waals surface area contributed by atoms with Crippen molar-refractivity contribution in [1.82, 2.24) is 4.90 Å². The number of rotatable bonds is 10. The van der Waals surface area contributed by atoms with Crippen LogP contribution in [0.4, 0.5) is 10.5 Å². The molecule has 0 aromatic heterocycles. The first-order chi connectivity index (χ1) is 14.6. The predicted octanol–water partition coefficient (Wildman–Crippen LogP) is 5.56. The molecule has 3 aromatic carbocycles. The molecule has 0 saturated carbocycles. The Morgan fingerprint density at radius 1 is 0.967 bits per heavy atom. The minimum atomic E-state index is -0.931. The lowest BCUT2D eigenvalue weighted by molar-refractivity contribution is 0.0288. The molecule has 156 valence electrons. The molecule has 1 unspecified atom stereocenters. The van der Waals surface area contributed by atoms with Gasteiger partial charge in [0.15, 0.2) is 0 Å². The zero-order chi connectivity index (χ0) is 21.2. The summed E-state index contributed by atoms with van der Waals surface area (Å²) in [5, 5.41) is 12.6. The summed E-state index contributed by atoms with van der Waals surface area (Å²) < 4.78 is 6.21. The van der Waals surface area contributed by atoms with E-state index in [1.807, 2.05) is 66.7 Å². The van der Waals surface area contributed by atoms with Gasteiger partial charge in [0.1, 0.15) is 0 Å². The van der Waals surface area contributed by atoms with Crippen LogP contribution in [-0.4, -0.2) is 29.7 Å². The molecule has 5 heteroatoms. The molecule has 1 atom stereocenters. The molecular formula is C25H28N2O3. The average Bonchev–Trinajstić information content (AvgIpc) is 2.79. The maximum absolute atomic E-state index is 11.1. The highest BCUT2D eigenvalue weighted by Gasteiger charge is 2.15. The normalized spacial score (nSPS) is 11.6. The standard InChI is InChI=1S/C25H28N2O3/c1-27(25(28)29)16-15-24(22-12-6-3-7-13-22)30-19-21-11-8-14-23(17-21)26-18-20-9-4-2-5-10-20/h2-14,17,24,26H,15-16,18-19H2,1H3,(H,28,29). The molecule has 3 rings (SSSR count). The fraction of sp³-hybridized carbons (Fsp3) is 0.240. The van der Waals surface area contributed by atoms with Gasteiger partial charge in [0.25, 0.3) is 0 Å². The maximum Gasteiger partial charge on any atom is 0.407 e. The van der Waals surface area contributed by atoms with Gasteiger partial charge in [-0.2, -0.15) is 0 Å². The van der Waals surface area contributed by atoms with Gasteiger partial charge in [-0.1, -0.05) is 72.8 Å². The smallest absolute Gasteiger partial charge is 0.407 e. The lowest BCUT2D eigenvalue weighted by atomic mass is 10.1. The van der Waals surface area contributed by atoms with Crippen LogP contribution in [0.15, 0.2) is 84.9 Å². The van der Waals surface area contributed by atoms with E-state index in [9.17, 15) is 4.79 Å². The van der Waals surface area contributed by atoms with E-state index in [1.54, 1.807) is 7.05 Å². The van der Waals surface area contributed by atoms with Crippen molar-refractivity contribution in [3.05, 3.63) is 102 Å². The number of nitrogens with one attached hydrogen (secondary N) is 1. The fourth-order valence-corrected chi connectivity index (χ4v) is 3.19. The van der Waals surface area contributed by atoms with E-state index in [2.05, 4.69) is 23.5 Å². The van der Waals surface area contributed by atoms with Crippen molar-refractivity contribution < 1.29 is 14.6 Å². The topological polar surface area (TPSA) is 61.8 Å². The molecular weight excluding hydrogens is 376 g/mol. The maximum atomic E-state index is 11.1. The van der Waals surface area contributed by atoms with Gasteiger partial charge >= 0.3 is 6.09 Å². The fourth-order valence-electron chi connectivity index (χ4n) is 3.19. The van der Waals surface area contributed by atoms with Crippen molar-refractivity contribution in [3.8, 4) is 0 Å². The van der Waals surface area contributed by atoms with Gasteiger partial charge in [0, 0.05) is 25.8 Å². The van der Waals surface area contributed by atoms with Crippen LogP contribution in [0, 0.1) is 0 Å². The zero-order valence-corrected chi connectivity index (χ0v) is 17.2. The Morgan fingerprint density at radius 2 is 1.63 bits per heavy atom.